The molecule has 0 fully saturated rings. The zero-order valence-electron chi connectivity index (χ0n) is 16.2. The maximum atomic E-state index is 12.9. The third-order valence-corrected chi connectivity index (χ3v) is 4.93. The molecule has 1 amide bonds. The first-order valence-corrected chi connectivity index (χ1v) is 9.36. The number of carbonyl (C=O) groups is 1. The van der Waals surface area contributed by atoms with E-state index in [9.17, 15) is 9.59 Å². The van der Waals surface area contributed by atoms with Gasteiger partial charge in [-0.05, 0) is 43.5 Å². The number of para-hydroxylation sites is 2. The van der Waals surface area contributed by atoms with Gasteiger partial charge in [0.2, 0.25) is 5.91 Å². The van der Waals surface area contributed by atoms with E-state index in [2.05, 4.69) is 19.2 Å². The lowest BCUT2D eigenvalue weighted by Crippen LogP contribution is -2.53. The summed E-state index contributed by atoms with van der Waals surface area (Å²) < 4.78 is 1.91. The Kier molecular flexibility index (Phi) is 5.33. The van der Waals surface area contributed by atoms with E-state index in [4.69, 9.17) is 5.73 Å². The summed E-state index contributed by atoms with van der Waals surface area (Å²) in [6.07, 6.45) is 0.806. The van der Waals surface area contributed by atoms with Crippen molar-refractivity contribution in [2.45, 2.75) is 39.3 Å². The van der Waals surface area contributed by atoms with Gasteiger partial charge in [0, 0.05) is 22.9 Å². The van der Waals surface area contributed by atoms with Crippen molar-refractivity contribution in [3.05, 3.63) is 58.8 Å². The normalized spacial score (nSPS) is 13.8. The molecule has 1 unspecified atom stereocenters. The lowest BCUT2D eigenvalue weighted by Gasteiger charge is -2.31. The molecule has 142 valence electrons. The van der Waals surface area contributed by atoms with Crippen LogP contribution in [0.2, 0.25) is 0 Å². The van der Waals surface area contributed by atoms with Crippen LogP contribution in [0.25, 0.3) is 21.8 Å². The summed E-state index contributed by atoms with van der Waals surface area (Å²) in [6.45, 7) is 6.72. The van der Waals surface area contributed by atoms with E-state index < -0.39 is 5.54 Å². The average molecular weight is 365 g/mol. The first-order chi connectivity index (χ1) is 12.8. The van der Waals surface area contributed by atoms with Crippen LogP contribution in [0.3, 0.4) is 0 Å². The van der Waals surface area contributed by atoms with Gasteiger partial charge < -0.3 is 15.6 Å². The Morgan fingerprint density at radius 3 is 2.07 bits per heavy atom. The SMILES string of the molecule is CC(C)CC(C)(CN)NC(=O)Cn1c2ccccc2c(=O)c2ccccc21. The summed E-state index contributed by atoms with van der Waals surface area (Å²) in [6, 6.07) is 14.8. The molecule has 1 heterocycles. The number of nitrogens with one attached hydrogen (secondary N) is 1. The number of nitrogens with zero attached hydrogens (tertiary/aromatic N) is 1. The van der Waals surface area contributed by atoms with Crippen LogP contribution in [0.1, 0.15) is 27.2 Å². The van der Waals surface area contributed by atoms with Gasteiger partial charge in [-0.1, -0.05) is 38.1 Å². The molecule has 5 heteroatoms. The van der Waals surface area contributed by atoms with E-state index in [0.717, 1.165) is 17.5 Å². The standard InChI is InChI=1S/C22H27N3O2/c1-15(2)12-22(3,14-23)24-20(26)13-25-18-10-6-4-8-16(18)21(27)17-9-5-7-11-19(17)25/h4-11,15H,12-14,23H2,1-3H3,(H,24,26). The highest BCUT2D eigenvalue weighted by Gasteiger charge is 2.26. The Labute approximate surface area is 159 Å². The van der Waals surface area contributed by atoms with Gasteiger partial charge in [0.15, 0.2) is 5.43 Å². The summed E-state index contributed by atoms with van der Waals surface area (Å²) in [5.74, 6) is 0.315. The highest BCUT2D eigenvalue weighted by atomic mass is 16.2. The molecule has 5 nitrogen and oxygen atoms in total. The second-order valence-electron chi connectivity index (χ2n) is 7.86. The summed E-state index contributed by atoms with van der Waals surface area (Å²) in [7, 11) is 0. The molecular weight excluding hydrogens is 338 g/mol. The van der Waals surface area contributed by atoms with Crippen molar-refractivity contribution >= 4 is 27.7 Å². The number of amides is 1. The van der Waals surface area contributed by atoms with E-state index in [1.807, 2.05) is 47.9 Å². The van der Waals surface area contributed by atoms with Gasteiger partial charge in [0.25, 0.3) is 0 Å². The fourth-order valence-electron chi connectivity index (χ4n) is 3.85. The van der Waals surface area contributed by atoms with Crippen LogP contribution < -0.4 is 16.5 Å². The highest BCUT2D eigenvalue weighted by molar-refractivity contribution is 5.94. The lowest BCUT2D eigenvalue weighted by molar-refractivity contribution is -0.123. The molecule has 0 spiro atoms. The minimum atomic E-state index is -0.449. The molecule has 1 atom stereocenters. The number of carbonyl (C=O) groups excluding carboxylic acids is 1. The predicted octanol–water partition coefficient (Wildman–Crippen LogP) is 3.03. The van der Waals surface area contributed by atoms with Gasteiger partial charge in [-0.2, -0.15) is 0 Å². The van der Waals surface area contributed by atoms with Crippen molar-refractivity contribution < 1.29 is 4.79 Å². The van der Waals surface area contributed by atoms with Gasteiger partial charge in [-0.25, -0.2) is 0 Å². The van der Waals surface area contributed by atoms with Crippen LogP contribution >= 0.6 is 0 Å². The molecule has 27 heavy (non-hydrogen) atoms. The molecule has 1 aromatic heterocycles. The Morgan fingerprint density at radius 1 is 1.07 bits per heavy atom. The summed E-state index contributed by atoms with van der Waals surface area (Å²) >= 11 is 0. The maximum Gasteiger partial charge on any atom is 0.240 e. The molecule has 0 saturated heterocycles. The maximum absolute atomic E-state index is 12.9. The zero-order chi connectivity index (χ0) is 19.6. The van der Waals surface area contributed by atoms with Gasteiger partial charge in [0.05, 0.1) is 11.0 Å². The largest absolute Gasteiger partial charge is 0.348 e. The molecule has 3 rings (SSSR count). The molecular formula is C22H27N3O2. The highest BCUT2D eigenvalue weighted by Crippen LogP contribution is 2.20. The van der Waals surface area contributed by atoms with Crippen molar-refractivity contribution in [3.63, 3.8) is 0 Å². The fraction of sp³-hybridized carbons (Fsp3) is 0.364. The molecule has 2 aromatic carbocycles. The molecule has 3 aromatic rings. The van der Waals surface area contributed by atoms with Gasteiger partial charge in [-0.3, -0.25) is 9.59 Å². The summed E-state index contributed by atoms with van der Waals surface area (Å²) in [4.78, 5) is 25.7. The average Bonchev–Trinajstić information content (AvgIpc) is 2.64. The van der Waals surface area contributed by atoms with Crippen LogP contribution in [-0.2, 0) is 11.3 Å². The second kappa shape index (κ2) is 7.53. The third kappa shape index (κ3) is 3.88. The molecule has 3 N–H and O–H groups in total. The van der Waals surface area contributed by atoms with E-state index >= 15 is 0 Å². The number of benzene rings is 2. The van der Waals surface area contributed by atoms with E-state index in [0.29, 0.717) is 23.2 Å². The van der Waals surface area contributed by atoms with Crippen molar-refractivity contribution in [1.29, 1.82) is 0 Å². The van der Waals surface area contributed by atoms with Crippen molar-refractivity contribution in [2.24, 2.45) is 11.7 Å². The van der Waals surface area contributed by atoms with Gasteiger partial charge in [-0.15, -0.1) is 0 Å². The van der Waals surface area contributed by atoms with Gasteiger partial charge >= 0.3 is 0 Å². The van der Waals surface area contributed by atoms with Gasteiger partial charge in [0.1, 0.15) is 6.54 Å². The smallest absolute Gasteiger partial charge is 0.240 e. The number of fused-ring (bicyclic) bond motifs is 2. The van der Waals surface area contributed by atoms with E-state index in [1.54, 1.807) is 12.1 Å². The minimum absolute atomic E-state index is 0.00976. The quantitative estimate of drug-likeness (QED) is 0.659. The monoisotopic (exact) mass is 365 g/mol. The molecule has 0 aliphatic rings. The molecule has 0 saturated carbocycles. The third-order valence-electron chi connectivity index (χ3n) is 4.93. The Bertz CT molecular complexity index is 979. The van der Waals surface area contributed by atoms with Crippen molar-refractivity contribution in [2.75, 3.05) is 6.54 Å². The van der Waals surface area contributed by atoms with E-state index in [1.165, 1.54) is 0 Å². The summed E-state index contributed by atoms with van der Waals surface area (Å²) in [5, 5.41) is 4.34. The van der Waals surface area contributed by atoms with Crippen LogP contribution in [0, 0.1) is 5.92 Å². The predicted molar refractivity (Wildman–Crippen MR) is 111 cm³/mol. The summed E-state index contributed by atoms with van der Waals surface area (Å²) in [5.41, 5.74) is 6.99. The van der Waals surface area contributed by atoms with Crippen LogP contribution in [0.15, 0.2) is 53.3 Å². The Balaban J connectivity index is 2.04. The zero-order valence-corrected chi connectivity index (χ0v) is 16.2. The molecule has 0 bridgehead atoms. The first kappa shape index (κ1) is 19.1. The lowest BCUT2D eigenvalue weighted by atomic mass is 9.90. The molecule has 0 aliphatic carbocycles. The minimum Gasteiger partial charge on any atom is -0.348 e. The topological polar surface area (TPSA) is 77.1 Å². The Morgan fingerprint density at radius 2 is 1.59 bits per heavy atom. The molecule has 0 aliphatic heterocycles. The second-order valence-corrected chi connectivity index (χ2v) is 7.86. The number of hydrogen-bond donors (Lipinski definition) is 2. The van der Waals surface area contributed by atoms with Crippen LogP contribution in [-0.4, -0.2) is 22.6 Å². The van der Waals surface area contributed by atoms with E-state index in [-0.39, 0.29) is 17.9 Å². The first-order valence-electron chi connectivity index (χ1n) is 9.36. The number of nitrogens with two attached hydrogens (primary N) is 1. The number of hydrogen-bond acceptors (Lipinski definition) is 3. The van der Waals surface area contributed by atoms with Crippen molar-refractivity contribution in [3.8, 4) is 0 Å². The van der Waals surface area contributed by atoms with Crippen LogP contribution in [0.4, 0.5) is 0 Å². The number of aromatic nitrogens is 1. The number of rotatable bonds is 6. The number of pyridine rings is 1. The molecule has 0 radical (unpaired) electrons. The van der Waals surface area contributed by atoms with Crippen LogP contribution in [0.5, 0.6) is 0 Å². The fourth-order valence-corrected chi connectivity index (χ4v) is 3.85. The Hall–Kier alpha value is -2.66. The van der Waals surface area contributed by atoms with Crippen molar-refractivity contribution in [1.82, 2.24) is 9.88 Å².